The number of methoxy groups -OCH3 is 2. The van der Waals surface area contributed by atoms with Gasteiger partial charge in [0.2, 0.25) is 0 Å². The van der Waals surface area contributed by atoms with E-state index in [1.807, 2.05) is 18.2 Å². The second kappa shape index (κ2) is 9.09. The maximum Gasteiger partial charge on any atom is 0.167 e. The molecule has 2 aromatic rings. The molecule has 0 atom stereocenters. The Hall–Kier alpha value is -2.27. The second-order valence-corrected chi connectivity index (χ2v) is 7.33. The zero-order valence-corrected chi connectivity index (χ0v) is 18.3. The zero-order chi connectivity index (χ0) is 20.1. The number of anilines is 2. The third-order valence-electron chi connectivity index (χ3n) is 4.45. The summed E-state index contributed by atoms with van der Waals surface area (Å²) in [5, 5.41) is 0. The number of rotatable bonds is 7. The Labute approximate surface area is 169 Å². The summed E-state index contributed by atoms with van der Waals surface area (Å²) in [7, 11) is 3.13. The molecule has 0 saturated carbocycles. The van der Waals surface area contributed by atoms with Gasteiger partial charge in [0.1, 0.15) is 17.1 Å². The predicted molar refractivity (Wildman–Crippen MR) is 115 cm³/mol. The van der Waals surface area contributed by atoms with Gasteiger partial charge in [-0.25, -0.2) is 0 Å². The Kier molecular flexibility index (Phi) is 7.08. The molecule has 2 aromatic carbocycles. The number of carbonyl (C=O) groups excluding carboxylic acids is 1. The molecule has 0 aromatic heterocycles. The van der Waals surface area contributed by atoms with E-state index in [0.29, 0.717) is 17.1 Å². The summed E-state index contributed by atoms with van der Waals surface area (Å²) in [5.74, 6) is 0.903. The fourth-order valence-electron chi connectivity index (χ4n) is 2.87. The number of carbonyl (C=O) groups is 1. The van der Waals surface area contributed by atoms with E-state index in [0.717, 1.165) is 27.8 Å². The molecular weight excluding hydrogens is 406 g/mol. The second-order valence-electron chi connectivity index (χ2n) is 6.41. The molecule has 0 heterocycles. The van der Waals surface area contributed by atoms with Crippen molar-refractivity contribution in [3.8, 4) is 11.5 Å². The first-order valence-electron chi connectivity index (χ1n) is 8.82. The van der Waals surface area contributed by atoms with Gasteiger partial charge in [0.15, 0.2) is 5.78 Å². The lowest BCUT2D eigenvalue weighted by Crippen LogP contribution is -2.12. The SMILES string of the molecule is CC/C(C)=C\N(c1cc(OC)c(C(C)=O)c(OC)c1)c1ccc(Br)cc1C. The molecule has 0 spiro atoms. The molecule has 0 fully saturated rings. The number of ether oxygens (including phenoxy) is 2. The van der Waals surface area contributed by atoms with Crippen LogP contribution in [0.5, 0.6) is 11.5 Å². The lowest BCUT2D eigenvalue weighted by Gasteiger charge is -2.26. The van der Waals surface area contributed by atoms with Gasteiger partial charge in [0, 0.05) is 28.5 Å². The number of Topliss-reactive ketones (excluding diaryl/α,β-unsaturated/α-hetero) is 1. The summed E-state index contributed by atoms with van der Waals surface area (Å²) in [6, 6.07) is 9.91. The van der Waals surface area contributed by atoms with Crippen molar-refractivity contribution in [2.45, 2.75) is 34.1 Å². The first-order valence-corrected chi connectivity index (χ1v) is 9.61. The first kappa shape index (κ1) is 21.0. The van der Waals surface area contributed by atoms with E-state index in [2.05, 4.69) is 59.9 Å². The number of allylic oxidation sites excluding steroid dienone is 1. The average Bonchev–Trinajstić information content (AvgIpc) is 2.64. The number of halogens is 1. The van der Waals surface area contributed by atoms with Crippen LogP contribution in [0.15, 0.2) is 46.6 Å². The smallest absolute Gasteiger partial charge is 0.167 e. The molecule has 0 unspecified atom stereocenters. The third-order valence-corrected chi connectivity index (χ3v) is 4.94. The van der Waals surface area contributed by atoms with E-state index in [-0.39, 0.29) is 5.78 Å². The van der Waals surface area contributed by atoms with Crippen LogP contribution < -0.4 is 14.4 Å². The lowest BCUT2D eigenvalue weighted by atomic mass is 10.1. The fraction of sp³-hybridized carbons (Fsp3) is 0.318. The monoisotopic (exact) mass is 431 g/mol. The van der Waals surface area contributed by atoms with Gasteiger partial charge in [0.05, 0.1) is 19.9 Å². The van der Waals surface area contributed by atoms with Gasteiger partial charge >= 0.3 is 0 Å². The number of benzene rings is 2. The molecule has 0 aliphatic heterocycles. The molecule has 0 radical (unpaired) electrons. The Morgan fingerprint density at radius 3 is 2.15 bits per heavy atom. The molecule has 0 saturated heterocycles. The van der Waals surface area contributed by atoms with E-state index in [9.17, 15) is 4.79 Å². The molecule has 0 bridgehead atoms. The minimum atomic E-state index is -0.0955. The van der Waals surface area contributed by atoms with Crippen LogP contribution in [0.3, 0.4) is 0 Å². The molecule has 0 aliphatic rings. The maximum absolute atomic E-state index is 12.1. The van der Waals surface area contributed by atoms with Crippen molar-refractivity contribution in [1.82, 2.24) is 0 Å². The van der Waals surface area contributed by atoms with E-state index >= 15 is 0 Å². The van der Waals surface area contributed by atoms with Crippen LogP contribution >= 0.6 is 15.9 Å². The minimum Gasteiger partial charge on any atom is -0.496 e. The van der Waals surface area contributed by atoms with Crippen LogP contribution in [0, 0.1) is 6.92 Å². The molecule has 0 amide bonds. The standard InChI is InChI=1S/C22H26BrNO3/c1-7-14(2)13-24(19-9-8-17(23)10-15(19)3)18-11-20(26-5)22(16(4)25)21(12-18)27-6/h8-13H,7H2,1-6H3/b14-13-. The average molecular weight is 432 g/mol. The summed E-state index contributed by atoms with van der Waals surface area (Å²) in [4.78, 5) is 14.2. The zero-order valence-electron chi connectivity index (χ0n) is 16.7. The molecular formula is C22H26BrNO3. The van der Waals surface area contributed by atoms with Crippen molar-refractivity contribution in [2.24, 2.45) is 0 Å². The molecule has 0 N–H and O–H groups in total. The summed E-state index contributed by atoms with van der Waals surface area (Å²) in [5.41, 5.74) is 4.72. The maximum atomic E-state index is 12.1. The van der Waals surface area contributed by atoms with E-state index in [1.54, 1.807) is 14.2 Å². The van der Waals surface area contributed by atoms with Crippen molar-refractivity contribution in [1.29, 1.82) is 0 Å². The molecule has 144 valence electrons. The van der Waals surface area contributed by atoms with Crippen molar-refractivity contribution < 1.29 is 14.3 Å². The lowest BCUT2D eigenvalue weighted by molar-refractivity contribution is 0.101. The Morgan fingerprint density at radius 1 is 1.11 bits per heavy atom. The van der Waals surface area contributed by atoms with Gasteiger partial charge in [-0.05, 0) is 51.0 Å². The number of ketones is 1. The quantitative estimate of drug-likeness (QED) is 0.473. The van der Waals surface area contributed by atoms with Crippen molar-refractivity contribution in [2.75, 3.05) is 19.1 Å². The molecule has 27 heavy (non-hydrogen) atoms. The highest BCUT2D eigenvalue weighted by molar-refractivity contribution is 9.10. The van der Waals surface area contributed by atoms with Gasteiger partial charge in [-0.15, -0.1) is 0 Å². The van der Waals surface area contributed by atoms with Crippen LogP contribution in [-0.2, 0) is 0 Å². The number of hydrogen-bond acceptors (Lipinski definition) is 4. The highest BCUT2D eigenvalue weighted by atomic mass is 79.9. The van der Waals surface area contributed by atoms with Crippen molar-refractivity contribution in [3.63, 3.8) is 0 Å². The predicted octanol–water partition coefficient (Wildman–Crippen LogP) is 6.43. The van der Waals surface area contributed by atoms with Crippen LogP contribution in [0.2, 0.25) is 0 Å². The van der Waals surface area contributed by atoms with Gasteiger partial charge in [0.25, 0.3) is 0 Å². The summed E-state index contributed by atoms with van der Waals surface area (Å²) < 4.78 is 12.0. The number of aryl methyl sites for hydroxylation is 1. The minimum absolute atomic E-state index is 0.0955. The normalized spacial score (nSPS) is 11.3. The topological polar surface area (TPSA) is 38.8 Å². The molecule has 2 rings (SSSR count). The Balaban J connectivity index is 2.74. The van der Waals surface area contributed by atoms with Crippen molar-refractivity contribution >= 4 is 33.1 Å². The van der Waals surface area contributed by atoms with Gasteiger partial charge in [-0.1, -0.05) is 28.4 Å². The van der Waals surface area contributed by atoms with Crippen LogP contribution in [0.1, 0.15) is 43.1 Å². The third kappa shape index (κ3) is 4.72. The van der Waals surface area contributed by atoms with E-state index in [1.165, 1.54) is 12.5 Å². The molecule has 4 nitrogen and oxygen atoms in total. The summed E-state index contributed by atoms with van der Waals surface area (Å²) in [6.07, 6.45) is 3.05. The van der Waals surface area contributed by atoms with Crippen LogP contribution in [-0.4, -0.2) is 20.0 Å². The van der Waals surface area contributed by atoms with E-state index in [4.69, 9.17) is 9.47 Å². The first-order chi connectivity index (χ1) is 12.8. The van der Waals surface area contributed by atoms with E-state index < -0.39 is 0 Å². The van der Waals surface area contributed by atoms with Crippen LogP contribution in [0.4, 0.5) is 11.4 Å². The largest absolute Gasteiger partial charge is 0.496 e. The van der Waals surface area contributed by atoms with Gasteiger partial charge in [-0.3, -0.25) is 4.79 Å². The molecule has 5 heteroatoms. The van der Waals surface area contributed by atoms with Crippen LogP contribution in [0.25, 0.3) is 0 Å². The number of nitrogens with zero attached hydrogens (tertiary/aromatic N) is 1. The fourth-order valence-corrected chi connectivity index (χ4v) is 3.34. The van der Waals surface area contributed by atoms with Crippen molar-refractivity contribution in [3.05, 3.63) is 57.7 Å². The summed E-state index contributed by atoms with van der Waals surface area (Å²) >= 11 is 3.53. The molecule has 0 aliphatic carbocycles. The highest BCUT2D eigenvalue weighted by Crippen LogP contribution is 2.39. The summed E-state index contributed by atoms with van der Waals surface area (Å²) in [6.45, 7) is 7.80. The number of hydrogen-bond donors (Lipinski definition) is 0. The van der Waals surface area contributed by atoms with Gasteiger partial charge in [-0.2, -0.15) is 0 Å². The highest BCUT2D eigenvalue weighted by Gasteiger charge is 2.20. The van der Waals surface area contributed by atoms with Gasteiger partial charge < -0.3 is 14.4 Å². The Bertz CT molecular complexity index is 849. The Morgan fingerprint density at radius 2 is 1.70 bits per heavy atom.